The Hall–Kier alpha value is -2.38. The number of thiazole rings is 1. The lowest BCUT2D eigenvalue weighted by atomic mass is 10.2. The molecule has 1 N–H and O–H groups in total. The van der Waals surface area contributed by atoms with Crippen LogP contribution in [0.15, 0.2) is 53.9 Å². The zero-order valence-electron chi connectivity index (χ0n) is 13.2. The molecule has 2 aromatic carbocycles. The molecule has 3 aromatic rings. The zero-order chi connectivity index (χ0) is 18.7. The highest BCUT2D eigenvalue weighted by Gasteiger charge is 2.33. The normalized spacial score (nSPS) is 11.4. The Kier molecular flexibility index (Phi) is 5.29. The fourth-order valence-corrected chi connectivity index (χ4v) is 3.34. The van der Waals surface area contributed by atoms with E-state index in [4.69, 9.17) is 11.6 Å². The average Bonchev–Trinajstić information content (AvgIpc) is 3.05. The van der Waals surface area contributed by atoms with Crippen molar-refractivity contribution in [2.24, 2.45) is 0 Å². The maximum Gasteiger partial charge on any atom is 0.417 e. The van der Waals surface area contributed by atoms with Gasteiger partial charge in [0, 0.05) is 16.6 Å². The van der Waals surface area contributed by atoms with Gasteiger partial charge < -0.3 is 5.32 Å². The third-order valence-electron chi connectivity index (χ3n) is 3.47. The van der Waals surface area contributed by atoms with Crippen molar-refractivity contribution in [3.63, 3.8) is 0 Å². The van der Waals surface area contributed by atoms with Gasteiger partial charge in [0.15, 0.2) is 0 Å². The van der Waals surface area contributed by atoms with E-state index < -0.39 is 22.7 Å². The predicted molar refractivity (Wildman–Crippen MR) is 96.3 cm³/mol. The van der Waals surface area contributed by atoms with E-state index in [1.807, 2.05) is 30.3 Å². The molecule has 0 aliphatic rings. The van der Waals surface area contributed by atoms with E-state index in [2.05, 4.69) is 10.3 Å². The summed E-state index contributed by atoms with van der Waals surface area (Å²) in [4.78, 5) is 16.5. The van der Waals surface area contributed by atoms with Gasteiger partial charge in [0.25, 0.3) is 0 Å². The van der Waals surface area contributed by atoms with Crippen LogP contribution in [-0.2, 0) is 17.4 Å². The van der Waals surface area contributed by atoms with E-state index >= 15 is 0 Å². The molecule has 3 nitrogen and oxygen atoms in total. The summed E-state index contributed by atoms with van der Waals surface area (Å²) in [6.07, 6.45) is -4.62. The van der Waals surface area contributed by atoms with E-state index in [1.54, 1.807) is 5.38 Å². The Morgan fingerprint density at radius 3 is 2.58 bits per heavy atom. The number of benzene rings is 2. The number of nitrogens with one attached hydrogen (secondary N) is 1. The van der Waals surface area contributed by atoms with E-state index in [9.17, 15) is 18.0 Å². The van der Waals surface area contributed by atoms with Crippen LogP contribution in [0.4, 0.5) is 18.9 Å². The van der Waals surface area contributed by atoms with Gasteiger partial charge in [-0.25, -0.2) is 4.98 Å². The Morgan fingerprint density at radius 2 is 1.88 bits per heavy atom. The number of amides is 1. The molecule has 1 aromatic heterocycles. The second-order valence-corrected chi connectivity index (χ2v) is 6.69. The van der Waals surface area contributed by atoms with Gasteiger partial charge >= 0.3 is 6.18 Å². The van der Waals surface area contributed by atoms with Crippen LogP contribution in [0.1, 0.15) is 11.3 Å². The van der Waals surface area contributed by atoms with E-state index in [0.717, 1.165) is 22.7 Å². The third-order valence-corrected chi connectivity index (χ3v) is 4.74. The molecule has 0 atom stereocenters. The largest absolute Gasteiger partial charge is 0.417 e. The molecule has 0 radical (unpaired) electrons. The van der Waals surface area contributed by atoms with Crippen LogP contribution < -0.4 is 5.32 Å². The quantitative estimate of drug-likeness (QED) is 0.618. The summed E-state index contributed by atoms with van der Waals surface area (Å²) < 4.78 is 38.6. The van der Waals surface area contributed by atoms with Crippen molar-refractivity contribution < 1.29 is 18.0 Å². The Morgan fingerprint density at radius 1 is 1.15 bits per heavy atom. The minimum atomic E-state index is -4.59. The summed E-state index contributed by atoms with van der Waals surface area (Å²) in [6.45, 7) is 0. The van der Waals surface area contributed by atoms with Crippen molar-refractivity contribution in [2.45, 2.75) is 12.6 Å². The molecule has 0 spiro atoms. The van der Waals surface area contributed by atoms with Crippen molar-refractivity contribution in [3.8, 4) is 10.6 Å². The van der Waals surface area contributed by atoms with Gasteiger partial charge in [-0.1, -0.05) is 41.9 Å². The molecule has 0 unspecified atom stereocenters. The fourth-order valence-electron chi connectivity index (χ4n) is 2.29. The van der Waals surface area contributed by atoms with Crippen molar-refractivity contribution in [2.75, 3.05) is 5.32 Å². The van der Waals surface area contributed by atoms with Crippen LogP contribution in [0, 0.1) is 0 Å². The molecule has 1 amide bonds. The lowest BCUT2D eigenvalue weighted by molar-refractivity contribution is -0.137. The van der Waals surface area contributed by atoms with Gasteiger partial charge in [-0.15, -0.1) is 11.3 Å². The van der Waals surface area contributed by atoms with Gasteiger partial charge in [0.05, 0.1) is 22.7 Å². The number of hydrogen-bond acceptors (Lipinski definition) is 3. The van der Waals surface area contributed by atoms with Gasteiger partial charge in [-0.05, 0) is 18.2 Å². The topological polar surface area (TPSA) is 42.0 Å². The second kappa shape index (κ2) is 7.47. The molecule has 0 saturated carbocycles. The van der Waals surface area contributed by atoms with Gasteiger partial charge in [0.2, 0.25) is 5.91 Å². The molecule has 3 rings (SSSR count). The van der Waals surface area contributed by atoms with Crippen molar-refractivity contribution in [1.82, 2.24) is 4.98 Å². The van der Waals surface area contributed by atoms with Crippen LogP contribution in [-0.4, -0.2) is 10.9 Å². The first-order valence-electron chi connectivity index (χ1n) is 7.49. The monoisotopic (exact) mass is 396 g/mol. The first-order valence-corrected chi connectivity index (χ1v) is 8.75. The molecule has 0 bridgehead atoms. The van der Waals surface area contributed by atoms with Crippen LogP contribution in [0.25, 0.3) is 10.6 Å². The number of carbonyl (C=O) groups excluding carboxylic acids is 1. The summed E-state index contributed by atoms with van der Waals surface area (Å²) >= 11 is 6.97. The van der Waals surface area contributed by atoms with Crippen LogP contribution in [0.3, 0.4) is 0 Å². The summed E-state index contributed by atoms with van der Waals surface area (Å²) in [5.41, 5.74) is 0.537. The van der Waals surface area contributed by atoms with Gasteiger partial charge in [-0.2, -0.15) is 13.2 Å². The smallest absolute Gasteiger partial charge is 0.326 e. The standard InChI is InChI=1S/C18H12ClF3N2OS/c19-15-7-6-12(8-14(15)18(20,21)22)23-16(25)9-13-10-26-17(24-13)11-4-2-1-3-5-11/h1-8,10H,9H2,(H,23,25). The highest BCUT2D eigenvalue weighted by atomic mass is 35.5. The molecular weight excluding hydrogens is 385 g/mol. The molecule has 0 saturated heterocycles. The van der Waals surface area contributed by atoms with Crippen LogP contribution in [0.5, 0.6) is 0 Å². The Labute approximate surface area is 156 Å². The number of hydrogen-bond donors (Lipinski definition) is 1. The maximum absolute atomic E-state index is 12.9. The van der Waals surface area contributed by atoms with Gasteiger partial charge in [-0.3, -0.25) is 4.79 Å². The lowest BCUT2D eigenvalue weighted by Gasteiger charge is -2.11. The summed E-state index contributed by atoms with van der Waals surface area (Å²) in [5, 5.41) is 4.56. The van der Waals surface area contributed by atoms with Crippen molar-refractivity contribution in [3.05, 3.63) is 70.2 Å². The number of anilines is 1. The number of nitrogens with zero attached hydrogens (tertiary/aromatic N) is 1. The minimum Gasteiger partial charge on any atom is -0.326 e. The molecule has 0 fully saturated rings. The molecule has 0 aliphatic heterocycles. The van der Waals surface area contributed by atoms with Gasteiger partial charge in [0.1, 0.15) is 5.01 Å². The van der Waals surface area contributed by atoms with E-state index in [0.29, 0.717) is 5.69 Å². The Balaban J connectivity index is 1.69. The first kappa shape index (κ1) is 18.4. The Bertz CT molecular complexity index is 926. The minimum absolute atomic E-state index is 0.0326. The number of rotatable bonds is 4. The number of carbonyl (C=O) groups is 1. The maximum atomic E-state index is 12.9. The molecule has 8 heteroatoms. The first-order chi connectivity index (χ1) is 12.3. The van der Waals surface area contributed by atoms with Crippen LogP contribution in [0.2, 0.25) is 5.02 Å². The highest BCUT2D eigenvalue weighted by Crippen LogP contribution is 2.36. The van der Waals surface area contributed by atoms with Crippen molar-refractivity contribution in [1.29, 1.82) is 0 Å². The molecule has 26 heavy (non-hydrogen) atoms. The fraction of sp³-hybridized carbons (Fsp3) is 0.111. The zero-order valence-corrected chi connectivity index (χ0v) is 14.8. The molecular formula is C18H12ClF3N2OS. The third kappa shape index (κ3) is 4.42. The van der Waals surface area contributed by atoms with Crippen LogP contribution >= 0.6 is 22.9 Å². The summed E-state index contributed by atoms with van der Waals surface area (Å²) in [7, 11) is 0. The number of alkyl halides is 3. The lowest BCUT2D eigenvalue weighted by Crippen LogP contribution is -2.15. The predicted octanol–water partition coefficient (Wildman–Crippen LogP) is 5.66. The van der Waals surface area contributed by atoms with E-state index in [-0.39, 0.29) is 12.1 Å². The second-order valence-electron chi connectivity index (χ2n) is 5.43. The number of halogens is 4. The van der Waals surface area contributed by atoms with Crippen molar-refractivity contribution >= 4 is 34.5 Å². The SMILES string of the molecule is O=C(Cc1csc(-c2ccccc2)n1)Nc1ccc(Cl)c(C(F)(F)F)c1. The highest BCUT2D eigenvalue weighted by molar-refractivity contribution is 7.13. The summed E-state index contributed by atoms with van der Waals surface area (Å²) in [5.74, 6) is -0.453. The van der Waals surface area contributed by atoms with E-state index in [1.165, 1.54) is 17.4 Å². The molecule has 1 heterocycles. The summed E-state index contributed by atoms with van der Waals surface area (Å²) in [6, 6.07) is 12.7. The molecule has 0 aliphatic carbocycles. The molecule has 134 valence electrons. The number of aromatic nitrogens is 1. The average molecular weight is 397 g/mol.